The van der Waals surface area contributed by atoms with Crippen molar-refractivity contribution < 1.29 is 24.6 Å². The number of carbonyl (C=O) groups is 3. The highest BCUT2D eigenvalue weighted by molar-refractivity contribution is 6.33. The van der Waals surface area contributed by atoms with Crippen LogP contribution in [0.4, 0.5) is 0 Å². The fourth-order valence-corrected chi connectivity index (χ4v) is 3.73. The van der Waals surface area contributed by atoms with Crippen LogP contribution in [0.1, 0.15) is 27.9 Å². The fourth-order valence-electron chi connectivity index (χ4n) is 3.51. The van der Waals surface area contributed by atoms with Crippen LogP contribution in [0.25, 0.3) is 11.1 Å². The van der Waals surface area contributed by atoms with Crippen molar-refractivity contribution in [3.05, 3.63) is 94.5 Å². The molecule has 3 aromatic carbocycles. The van der Waals surface area contributed by atoms with E-state index in [4.69, 9.17) is 16.7 Å². The van der Waals surface area contributed by atoms with E-state index in [2.05, 4.69) is 10.6 Å². The first-order valence-electron chi connectivity index (χ1n) is 10.7. The van der Waals surface area contributed by atoms with Gasteiger partial charge in [-0.05, 0) is 34.4 Å². The molecule has 3 rings (SSSR count). The second kappa shape index (κ2) is 12.0. The van der Waals surface area contributed by atoms with Crippen LogP contribution in [-0.4, -0.2) is 40.6 Å². The molecule has 0 saturated heterocycles. The van der Waals surface area contributed by atoms with E-state index >= 15 is 0 Å². The van der Waals surface area contributed by atoms with Gasteiger partial charge in [0.2, 0.25) is 0 Å². The Kier molecular flexibility index (Phi) is 8.79. The Labute approximate surface area is 202 Å². The van der Waals surface area contributed by atoms with Crippen LogP contribution in [0, 0.1) is 0 Å². The molecule has 0 fully saturated rings. The number of hydrogen-bond acceptors (Lipinski definition) is 4. The number of halogens is 1. The highest BCUT2D eigenvalue weighted by Crippen LogP contribution is 2.24. The monoisotopic (exact) mass is 480 g/mol. The summed E-state index contributed by atoms with van der Waals surface area (Å²) in [5, 5.41) is 24.3. The van der Waals surface area contributed by atoms with Gasteiger partial charge in [-0.25, -0.2) is 4.79 Å². The number of carboxylic acids is 2. The van der Waals surface area contributed by atoms with Gasteiger partial charge < -0.3 is 20.8 Å². The van der Waals surface area contributed by atoms with Gasteiger partial charge >= 0.3 is 11.9 Å². The standard InChI is InChI=1S/C26H25ClN2O5/c27-22-8-4-3-7-21(22)25(32)29-23(26(33)34)15-17-9-11-18(12-10-17)20-6-2-1-5-19(20)16-28-14-13-24(30)31/h1-12,23,28H,13-16H2,(H,29,32)(H,30,31)(H,33,34)/t23-/m0/s1. The molecule has 176 valence electrons. The Morgan fingerprint density at radius 2 is 1.56 bits per heavy atom. The molecule has 0 aliphatic carbocycles. The van der Waals surface area contributed by atoms with Crippen molar-refractivity contribution in [2.45, 2.75) is 25.4 Å². The summed E-state index contributed by atoms with van der Waals surface area (Å²) >= 11 is 6.05. The van der Waals surface area contributed by atoms with Crippen molar-refractivity contribution in [2.24, 2.45) is 0 Å². The number of benzene rings is 3. The molecule has 0 spiro atoms. The maximum atomic E-state index is 12.5. The number of nitrogens with one attached hydrogen (secondary N) is 2. The van der Waals surface area contributed by atoms with Gasteiger partial charge in [0.25, 0.3) is 5.91 Å². The average molecular weight is 481 g/mol. The first kappa shape index (κ1) is 25.0. The Balaban J connectivity index is 1.69. The molecule has 34 heavy (non-hydrogen) atoms. The van der Waals surface area contributed by atoms with Crippen LogP contribution in [0.3, 0.4) is 0 Å². The number of carbonyl (C=O) groups excluding carboxylic acids is 1. The molecule has 0 saturated carbocycles. The third kappa shape index (κ3) is 6.91. The van der Waals surface area contributed by atoms with Crippen LogP contribution in [0.5, 0.6) is 0 Å². The minimum atomic E-state index is -1.14. The van der Waals surface area contributed by atoms with Crippen LogP contribution < -0.4 is 10.6 Å². The molecule has 7 nitrogen and oxygen atoms in total. The maximum absolute atomic E-state index is 12.5. The summed E-state index contributed by atoms with van der Waals surface area (Å²) in [6, 6.07) is 20.6. The van der Waals surface area contributed by atoms with Gasteiger partial charge in [0, 0.05) is 19.5 Å². The Hall–Kier alpha value is -3.68. The SMILES string of the molecule is O=C(O)CCNCc1ccccc1-c1ccc(C[C@H](NC(=O)c2ccccc2Cl)C(=O)O)cc1. The van der Waals surface area contributed by atoms with Crippen molar-refractivity contribution in [3.63, 3.8) is 0 Å². The third-order valence-electron chi connectivity index (χ3n) is 5.28. The van der Waals surface area contributed by atoms with Gasteiger partial charge in [-0.15, -0.1) is 0 Å². The molecule has 3 aromatic rings. The molecule has 0 aliphatic heterocycles. The number of aliphatic carboxylic acids is 2. The first-order valence-corrected chi connectivity index (χ1v) is 11.1. The Morgan fingerprint density at radius 3 is 2.24 bits per heavy atom. The number of hydrogen-bond donors (Lipinski definition) is 4. The van der Waals surface area contributed by atoms with Crippen molar-refractivity contribution in [1.82, 2.24) is 10.6 Å². The quantitative estimate of drug-likeness (QED) is 0.308. The lowest BCUT2D eigenvalue weighted by Crippen LogP contribution is -2.42. The molecule has 0 bridgehead atoms. The predicted octanol–water partition coefficient (Wildman–Crippen LogP) is 4.00. The molecule has 1 atom stereocenters. The number of carboxylic acid groups (broad SMARTS) is 2. The summed E-state index contributed by atoms with van der Waals surface area (Å²) in [4.78, 5) is 34.9. The first-order chi connectivity index (χ1) is 16.3. The summed E-state index contributed by atoms with van der Waals surface area (Å²) in [5.74, 6) is -2.53. The minimum Gasteiger partial charge on any atom is -0.481 e. The van der Waals surface area contributed by atoms with Crippen molar-refractivity contribution >= 4 is 29.4 Å². The van der Waals surface area contributed by atoms with Gasteiger partial charge in [0.05, 0.1) is 17.0 Å². The second-order valence-electron chi connectivity index (χ2n) is 7.72. The Bertz CT molecular complexity index is 1160. The molecule has 0 unspecified atom stereocenters. The smallest absolute Gasteiger partial charge is 0.326 e. The van der Waals surface area contributed by atoms with Crippen LogP contribution >= 0.6 is 11.6 Å². The molecule has 0 aliphatic rings. The summed E-state index contributed by atoms with van der Waals surface area (Å²) in [7, 11) is 0. The summed E-state index contributed by atoms with van der Waals surface area (Å²) in [5.41, 5.74) is 3.95. The summed E-state index contributed by atoms with van der Waals surface area (Å²) in [6.07, 6.45) is 0.165. The minimum absolute atomic E-state index is 0.0502. The van der Waals surface area contributed by atoms with Gasteiger partial charge in [0.15, 0.2) is 0 Å². The second-order valence-corrected chi connectivity index (χ2v) is 8.13. The average Bonchev–Trinajstić information content (AvgIpc) is 2.82. The highest BCUT2D eigenvalue weighted by atomic mass is 35.5. The largest absolute Gasteiger partial charge is 0.481 e. The predicted molar refractivity (Wildman–Crippen MR) is 130 cm³/mol. The molecular weight excluding hydrogens is 456 g/mol. The van der Waals surface area contributed by atoms with E-state index in [1.807, 2.05) is 48.5 Å². The number of amides is 1. The van der Waals surface area contributed by atoms with E-state index in [-0.39, 0.29) is 23.4 Å². The van der Waals surface area contributed by atoms with Crippen molar-refractivity contribution in [1.29, 1.82) is 0 Å². The van der Waals surface area contributed by atoms with Crippen LogP contribution in [0.2, 0.25) is 5.02 Å². The third-order valence-corrected chi connectivity index (χ3v) is 5.60. The van der Waals surface area contributed by atoms with Crippen molar-refractivity contribution in [3.8, 4) is 11.1 Å². The zero-order valence-corrected chi connectivity index (χ0v) is 19.1. The molecular formula is C26H25ClN2O5. The zero-order valence-electron chi connectivity index (χ0n) is 18.3. The molecule has 4 N–H and O–H groups in total. The lowest BCUT2D eigenvalue weighted by Gasteiger charge is -2.16. The van der Waals surface area contributed by atoms with Crippen LogP contribution in [-0.2, 0) is 22.6 Å². The zero-order chi connectivity index (χ0) is 24.5. The highest BCUT2D eigenvalue weighted by Gasteiger charge is 2.22. The molecule has 0 radical (unpaired) electrons. The normalized spacial score (nSPS) is 11.6. The lowest BCUT2D eigenvalue weighted by atomic mass is 9.97. The van der Waals surface area contributed by atoms with E-state index < -0.39 is 23.9 Å². The lowest BCUT2D eigenvalue weighted by molar-refractivity contribution is -0.139. The maximum Gasteiger partial charge on any atom is 0.326 e. The van der Waals surface area contributed by atoms with Gasteiger partial charge in [0.1, 0.15) is 6.04 Å². The van der Waals surface area contributed by atoms with E-state index in [0.29, 0.717) is 13.1 Å². The van der Waals surface area contributed by atoms with Gasteiger partial charge in [-0.1, -0.05) is 72.3 Å². The number of rotatable bonds is 11. The topological polar surface area (TPSA) is 116 Å². The van der Waals surface area contributed by atoms with E-state index in [0.717, 1.165) is 22.3 Å². The van der Waals surface area contributed by atoms with Crippen molar-refractivity contribution in [2.75, 3.05) is 6.54 Å². The van der Waals surface area contributed by atoms with Gasteiger partial charge in [-0.3, -0.25) is 9.59 Å². The fraction of sp³-hybridized carbons (Fsp3) is 0.192. The van der Waals surface area contributed by atoms with E-state index in [1.54, 1.807) is 24.3 Å². The molecule has 0 heterocycles. The summed E-state index contributed by atoms with van der Waals surface area (Å²) < 4.78 is 0. The molecule has 1 amide bonds. The van der Waals surface area contributed by atoms with E-state index in [1.165, 1.54) is 0 Å². The molecule has 8 heteroatoms. The van der Waals surface area contributed by atoms with Gasteiger partial charge in [-0.2, -0.15) is 0 Å². The van der Waals surface area contributed by atoms with Crippen LogP contribution in [0.15, 0.2) is 72.8 Å². The van der Waals surface area contributed by atoms with E-state index in [9.17, 15) is 19.5 Å². The summed E-state index contributed by atoms with van der Waals surface area (Å²) in [6.45, 7) is 0.902. The molecule has 0 aromatic heterocycles. The Morgan fingerprint density at radius 1 is 0.882 bits per heavy atom.